The fourth-order valence-corrected chi connectivity index (χ4v) is 1.31. The molecule has 0 radical (unpaired) electrons. The molecular weight excluding hydrogens is 288 g/mol. The highest BCUT2D eigenvalue weighted by molar-refractivity contribution is 6.33. The maximum atomic E-state index is 10.6. The van der Waals surface area contributed by atoms with E-state index in [2.05, 4.69) is 4.99 Å². The molecular formula is C14H20N4O4. The number of nitrogens with two attached hydrogens (primary N) is 3. The number of nitrogens with zero attached hydrogens (tertiary/aromatic N) is 1. The number of aliphatic carboxylic acids is 1. The van der Waals surface area contributed by atoms with E-state index in [0.717, 1.165) is 0 Å². The Kier molecular flexibility index (Phi) is 9.61. The highest BCUT2D eigenvalue weighted by Crippen LogP contribution is 1.97. The normalized spacial score (nSPS) is 10.6. The van der Waals surface area contributed by atoms with E-state index in [9.17, 15) is 14.4 Å². The van der Waals surface area contributed by atoms with Gasteiger partial charge in [0, 0.05) is 12.1 Å². The summed E-state index contributed by atoms with van der Waals surface area (Å²) < 4.78 is 0. The van der Waals surface area contributed by atoms with Gasteiger partial charge >= 0.3 is 5.97 Å². The van der Waals surface area contributed by atoms with Crippen molar-refractivity contribution in [3.63, 3.8) is 0 Å². The van der Waals surface area contributed by atoms with Gasteiger partial charge in [0.1, 0.15) is 6.04 Å². The lowest BCUT2D eigenvalue weighted by atomic mass is 10.1. The number of guanidine groups is 1. The summed E-state index contributed by atoms with van der Waals surface area (Å²) in [5, 5.41) is 8.38. The minimum absolute atomic E-state index is 0.0129. The van der Waals surface area contributed by atoms with Gasteiger partial charge in [0.25, 0.3) is 0 Å². The Labute approximate surface area is 128 Å². The Hall–Kier alpha value is -2.74. The van der Waals surface area contributed by atoms with E-state index in [1.165, 1.54) is 0 Å². The van der Waals surface area contributed by atoms with Crippen LogP contribution in [0.3, 0.4) is 0 Å². The van der Waals surface area contributed by atoms with Gasteiger partial charge in [0.2, 0.25) is 5.78 Å². The second-order valence-electron chi connectivity index (χ2n) is 4.24. The first-order valence-corrected chi connectivity index (χ1v) is 6.46. The third kappa shape index (κ3) is 9.21. The second kappa shape index (κ2) is 11.0. The van der Waals surface area contributed by atoms with Crippen LogP contribution >= 0.6 is 0 Å². The van der Waals surface area contributed by atoms with Crippen molar-refractivity contribution in [1.29, 1.82) is 0 Å². The molecule has 1 atom stereocenters. The number of aliphatic imine (C=N–C) groups is 1. The third-order valence-electron chi connectivity index (χ3n) is 2.45. The van der Waals surface area contributed by atoms with E-state index in [4.69, 9.17) is 22.3 Å². The van der Waals surface area contributed by atoms with Gasteiger partial charge in [-0.3, -0.25) is 19.4 Å². The van der Waals surface area contributed by atoms with Crippen LogP contribution in [0.2, 0.25) is 0 Å². The van der Waals surface area contributed by atoms with Crippen LogP contribution in [0.15, 0.2) is 35.3 Å². The van der Waals surface area contributed by atoms with E-state index in [0.29, 0.717) is 31.2 Å². The quantitative estimate of drug-likeness (QED) is 0.132. The molecule has 1 aromatic rings. The van der Waals surface area contributed by atoms with Crippen molar-refractivity contribution in [2.45, 2.75) is 18.9 Å². The van der Waals surface area contributed by atoms with Gasteiger partial charge < -0.3 is 22.3 Å². The van der Waals surface area contributed by atoms with E-state index in [1.807, 2.05) is 0 Å². The summed E-state index contributed by atoms with van der Waals surface area (Å²) >= 11 is 0. The van der Waals surface area contributed by atoms with Crippen LogP contribution in [-0.2, 0) is 9.59 Å². The van der Waals surface area contributed by atoms with Crippen molar-refractivity contribution >= 4 is 24.0 Å². The maximum absolute atomic E-state index is 10.6. The van der Waals surface area contributed by atoms with E-state index >= 15 is 0 Å². The third-order valence-corrected chi connectivity index (χ3v) is 2.45. The van der Waals surface area contributed by atoms with Crippen LogP contribution in [0.5, 0.6) is 0 Å². The van der Waals surface area contributed by atoms with Crippen molar-refractivity contribution in [3.05, 3.63) is 35.9 Å². The average Bonchev–Trinajstić information content (AvgIpc) is 2.51. The van der Waals surface area contributed by atoms with Crippen LogP contribution in [0.4, 0.5) is 0 Å². The molecule has 0 aliphatic rings. The molecule has 0 saturated heterocycles. The number of Topliss-reactive ketones (excluding diaryl/α,β-unsaturated/α-hetero) is 1. The number of ketones is 1. The molecule has 8 nitrogen and oxygen atoms in total. The lowest BCUT2D eigenvalue weighted by Crippen LogP contribution is -2.30. The molecule has 0 saturated carbocycles. The molecule has 0 bridgehead atoms. The summed E-state index contributed by atoms with van der Waals surface area (Å²) in [6.07, 6.45) is 1.27. The average molecular weight is 308 g/mol. The first-order valence-electron chi connectivity index (χ1n) is 6.46. The first-order chi connectivity index (χ1) is 10.4. The molecule has 0 aliphatic heterocycles. The van der Waals surface area contributed by atoms with Crippen molar-refractivity contribution in [1.82, 2.24) is 0 Å². The van der Waals surface area contributed by atoms with Crippen molar-refractivity contribution < 1.29 is 19.5 Å². The molecule has 0 unspecified atom stereocenters. The summed E-state index contributed by atoms with van der Waals surface area (Å²) in [5.41, 5.74) is 15.8. The molecule has 0 heterocycles. The highest BCUT2D eigenvalue weighted by Gasteiger charge is 2.09. The standard InChI is InChI=1S/C8H6O2.C6H14N4O2/c9-6-8(10)7-4-2-1-3-5-7;7-4(5(11)12)2-1-3-10-6(8)9/h1-6H;4H,1-3,7H2,(H,11,12)(H4,8,9,10)/t;4-/m.0/s1. The number of carboxylic acid groups (broad SMARTS) is 1. The van der Waals surface area contributed by atoms with E-state index < -0.39 is 17.8 Å². The lowest BCUT2D eigenvalue weighted by Gasteiger charge is -2.03. The second-order valence-corrected chi connectivity index (χ2v) is 4.24. The van der Waals surface area contributed by atoms with Crippen molar-refractivity contribution in [2.75, 3.05) is 6.54 Å². The van der Waals surface area contributed by atoms with Gasteiger partial charge in [-0.2, -0.15) is 0 Å². The number of carboxylic acids is 1. The molecule has 22 heavy (non-hydrogen) atoms. The van der Waals surface area contributed by atoms with Crippen LogP contribution < -0.4 is 17.2 Å². The maximum Gasteiger partial charge on any atom is 0.320 e. The van der Waals surface area contributed by atoms with Gasteiger partial charge in [-0.25, -0.2) is 0 Å². The molecule has 0 amide bonds. The Morgan fingerprint density at radius 3 is 2.27 bits per heavy atom. The zero-order valence-electron chi connectivity index (χ0n) is 12.0. The van der Waals surface area contributed by atoms with Gasteiger partial charge in [-0.15, -0.1) is 0 Å². The Morgan fingerprint density at radius 1 is 1.23 bits per heavy atom. The fraction of sp³-hybridized carbons (Fsp3) is 0.286. The molecule has 0 aliphatic carbocycles. The fourth-order valence-electron chi connectivity index (χ4n) is 1.31. The zero-order chi connectivity index (χ0) is 17.0. The minimum Gasteiger partial charge on any atom is -0.480 e. The number of carbonyl (C=O) groups is 3. The molecule has 0 fully saturated rings. The molecule has 0 aromatic heterocycles. The highest BCUT2D eigenvalue weighted by atomic mass is 16.4. The first kappa shape index (κ1) is 19.3. The summed E-state index contributed by atoms with van der Waals surface area (Å²) in [5.74, 6) is -1.46. The lowest BCUT2D eigenvalue weighted by molar-refractivity contribution is -0.138. The number of aldehydes is 1. The number of benzene rings is 1. The van der Waals surface area contributed by atoms with E-state index in [1.54, 1.807) is 30.3 Å². The Morgan fingerprint density at radius 2 is 1.82 bits per heavy atom. The van der Waals surface area contributed by atoms with Crippen molar-refractivity contribution in [2.24, 2.45) is 22.2 Å². The van der Waals surface area contributed by atoms with Crippen LogP contribution in [-0.4, -0.2) is 41.7 Å². The largest absolute Gasteiger partial charge is 0.480 e. The predicted octanol–water partition coefficient (Wildman–Crippen LogP) is -0.480. The summed E-state index contributed by atoms with van der Waals surface area (Å²) in [6.45, 7) is 0.420. The molecule has 8 heteroatoms. The number of hydrogen-bond donors (Lipinski definition) is 4. The molecule has 1 aromatic carbocycles. The number of carbonyl (C=O) groups excluding carboxylic acids is 2. The molecule has 0 spiro atoms. The van der Waals surface area contributed by atoms with E-state index in [-0.39, 0.29) is 5.96 Å². The van der Waals surface area contributed by atoms with Crippen LogP contribution in [0.1, 0.15) is 23.2 Å². The molecule has 1 rings (SSSR count). The molecule has 120 valence electrons. The minimum atomic E-state index is -1.00. The van der Waals surface area contributed by atoms with Crippen LogP contribution in [0.25, 0.3) is 0 Å². The van der Waals surface area contributed by atoms with Gasteiger partial charge in [0.05, 0.1) is 0 Å². The van der Waals surface area contributed by atoms with Gasteiger partial charge in [-0.05, 0) is 12.8 Å². The van der Waals surface area contributed by atoms with Gasteiger partial charge in [0.15, 0.2) is 12.2 Å². The van der Waals surface area contributed by atoms with Gasteiger partial charge in [-0.1, -0.05) is 30.3 Å². The molecule has 7 N–H and O–H groups in total. The monoisotopic (exact) mass is 308 g/mol. The van der Waals surface area contributed by atoms with Crippen LogP contribution in [0, 0.1) is 0 Å². The summed E-state index contributed by atoms with van der Waals surface area (Å²) in [4.78, 5) is 34.5. The number of rotatable bonds is 7. The smallest absolute Gasteiger partial charge is 0.320 e. The topological polar surface area (TPSA) is 162 Å². The van der Waals surface area contributed by atoms with Crippen molar-refractivity contribution in [3.8, 4) is 0 Å². The predicted molar refractivity (Wildman–Crippen MR) is 82.4 cm³/mol. The SMILES string of the molecule is NC(N)=NCCC[C@H](N)C(=O)O.O=CC(=O)c1ccccc1. The Bertz CT molecular complexity index is 513. The number of hydrogen-bond acceptors (Lipinski definition) is 5. The summed E-state index contributed by atoms with van der Waals surface area (Å²) in [7, 11) is 0. The zero-order valence-corrected chi connectivity index (χ0v) is 12.0. The summed E-state index contributed by atoms with van der Waals surface area (Å²) in [6, 6.07) is 7.63. The Balaban J connectivity index is 0.000000406.